The summed E-state index contributed by atoms with van der Waals surface area (Å²) in [4.78, 5) is 6.23. The van der Waals surface area contributed by atoms with Gasteiger partial charge in [0.2, 0.25) is 0 Å². The molecule has 1 atom stereocenters. The molecule has 0 amide bonds. The van der Waals surface area contributed by atoms with Gasteiger partial charge in [-0.1, -0.05) is 0 Å². The van der Waals surface area contributed by atoms with Gasteiger partial charge in [0.15, 0.2) is 5.96 Å². The third-order valence-electron chi connectivity index (χ3n) is 3.00. The van der Waals surface area contributed by atoms with Gasteiger partial charge in [0.1, 0.15) is 11.6 Å². The van der Waals surface area contributed by atoms with Gasteiger partial charge in [-0.25, -0.2) is 8.78 Å². The van der Waals surface area contributed by atoms with Crippen LogP contribution in [0.1, 0.15) is 0 Å². The molecule has 5 nitrogen and oxygen atoms in total. The molecule has 0 radical (unpaired) electrons. The van der Waals surface area contributed by atoms with E-state index < -0.39 is 11.6 Å². The first-order chi connectivity index (χ1) is 9.54. The first kappa shape index (κ1) is 14.7. The summed E-state index contributed by atoms with van der Waals surface area (Å²) in [7, 11) is 2.00. The normalized spacial score (nSPS) is 20.9. The Hall–Kier alpha value is -1.73. The fourth-order valence-corrected chi connectivity index (χ4v) is 1.95. The van der Waals surface area contributed by atoms with Gasteiger partial charge in [0.05, 0.1) is 24.9 Å². The minimum Gasteiger partial charge on any atom is -0.374 e. The fraction of sp³-hybridized carbons (Fsp3) is 0.462. The molecule has 1 aromatic rings. The Labute approximate surface area is 116 Å². The van der Waals surface area contributed by atoms with Gasteiger partial charge in [0, 0.05) is 19.2 Å². The zero-order valence-electron chi connectivity index (χ0n) is 11.3. The topological polar surface area (TPSA) is 62.9 Å². The number of benzene rings is 1. The number of hydrogen-bond acceptors (Lipinski definition) is 3. The molecule has 0 aliphatic carbocycles. The molecule has 1 heterocycles. The van der Waals surface area contributed by atoms with Gasteiger partial charge in [-0.15, -0.1) is 0 Å². The third kappa shape index (κ3) is 4.14. The van der Waals surface area contributed by atoms with Crippen LogP contribution in [-0.2, 0) is 4.74 Å². The molecule has 3 N–H and O–H groups in total. The van der Waals surface area contributed by atoms with Gasteiger partial charge in [-0.3, -0.25) is 4.99 Å². The standard InChI is InChI=1S/C13H18F2N4O/c1-19-4-5-20-10(8-19)7-17-13(16)18-12-6-9(14)2-3-11(12)15/h2-3,6,10H,4-5,7-8H2,1H3,(H3,16,17,18). The summed E-state index contributed by atoms with van der Waals surface area (Å²) in [5.41, 5.74) is 5.62. The average Bonchev–Trinajstić information content (AvgIpc) is 2.41. The minimum atomic E-state index is -0.585. The highest BCUT2D eigenvalue weighted by Crippen LogP contribution is 2.14. The molecular weight excluding hydrogens is 266 g/mol. The van der Waals surface area contributed by atoms with Crippen LogP contribution in [0.3, 0.4) is 0 Å². The maximum absolute atomic E-state index is 13.4. The molecule has 1 aliphatic heterocycles. The Balaban J connectivity index is 1.92. The summed E-state index contributed by atoms with van der Waals surface area (Å²) in [5.74, 6) is -1.09. The number of halogens is 2. The molecule has 1 unspecified atom stereocenters. The van der Waals surface area contributed by atoms with Crippen molar-refractivity contribution in [1.29, 1.82) is 0 Å². The van der Waals surface area contributed by atoms with Gasteiger partial charge in [-0.2, -0.15) is 0 Å². The first-order valence-electron chi connectivity index (χ1n) is 6.37. The van der Waals surface area contributed by atoms with Gasteiger partial charge in [-0.05, 0) is 19.2 Å². The van der Waals surface area contributed by atoms with E-state index in [0.717, 1.165) is 31.3 Å². The van der Waals surface area contributed by atoms with Crippen molar-refractivity contribution in [2.75, 3.05) is 38.6 Å². The fourth-order valence-electron chi connectivity index (χ4n) is 1.95. The van der Waals surface area contributed by atoms with E-state index in [1.807, 2.05) is 7.05 Å². The molecule has 2 rings (SSSR count). The largest absolute Gasteiger partial charge is 0.374 e. The Kier molecular flexibility index (Phi) is 4.86. The number of anilines is 1. The Morgan fingerprint density at radius 2 is 2.35 bits per heavy atom. The van der Waals surface area contributed by atoms with Crippen molar-refractivity contribution in [1.82, 2.24) is 4.90 Å². The number of likely N-dealkylation sites (N-methyl/N-ethyl adjacent to an activating group) is 1. The van der Waals surface area contributed by atoms with E-state index in [0.29, 0.717) is 13.2 Å². The lowest BCUT2D eigenvalue weighted by Gasteiger charge is -2.29. The highest BCUT2D eigenvalue weighted by Gasteiger charge is 2.17. The van der Waals surface area contributed by atoms with Crippen LogP contribution < -0.4 is 11.1 Å². The van der Waals surface area contributed by atoms with Crippen LogP contribution in [0.15, 0.2) is 23.2 Å². The summed E-state index contributed by atoms with van der Waals surface area (Å²) >= 11 is 0. The average molecular weight is 284 g/mol. The second-order valence-electron chi connectivity index (χ2n) is 4.73. The lowest BCUT2D eigenvalue weighted by Crippen LogP contribution is -2.41. The molecule has 0 spiro atoms. The Morgan fingerprint density at radius 3 is 3.10 bits per heavy atom. The van der Waals surface area contributed by atoms with E-state index in [1.54, 1.807) is 0 Å². The van der Waals surface area contributed by atoms with Crippen molar-refractivity contribution in [2.45, 2.75) is 6.10 Å². The van der Waals surface area contributed by atoms with Crippen molar-refractivity contribution in [2.24, 2.45) is 10.7 Å². The summed E-state index contributed by atoms with van der Waals surface area (Å²) in [5, 5.41) is 2.55. The zero-order valence-corrected chi connectivity index (χ0v) is 11.3. The van der Waals surface area contributed by atoms with Crippen LogP contribution in [0.2, 0.25) is 0 Å². The van der Waals surface area contributed by atoms with Crippen molar-refractivity contribution < 1.29 is 13.5 Å². The second-order valence-corrected chi connectivity index (χ2v) is 4.73. The van der Waals surface area contributed by atoms with E-state index in [2.05, 4.69) is 15.2 Å². The zero-order chi connectivity index (χ0) is 14.5. The molecule has 1 aliphatic rings. The molecule has 1 fully saturated rings. The molecular formula is C13H18F2N4O. The van der Waals surface area contributed by atoms with E-state index in [1.165, 1.54) is 0 Å². The van der Waals surface area contributed by atoms with Crippen LogP contribution in [0, 0.1) is 11.6 Å². The number of nitrogens with one attached hydrogen (secondary N) is 1. The molecule has 0 saturated carbocycles. The van der Waals surface area contributed by atoms with Crippen LogP contribution in [0.4, 0.5) is 14.5 Å². The van der Waals surface area contributed by atoms with Gasteiger partial charge in [0.25, 0.3) is 0 Å². The highest BCUT2D eigenvalue weighted by atomic mass is 19.1. The smallest absolute Gasteiger partial charge is 0.193 e. The molecule has 1 aromatic carbocycles. The number of hydrogen-bond donors (Lipinski definition) is 2. The van der Waals surface area contributed by atoms with Gasteiger partial charge < -0.3 is 20.7 Å². The molecule has 0 bridgehead atoms. The van der Waals surface area contributed by atoms with E-state index in [4.69, 9.17) is 10.5 Å². The SMILES string of the molecule is CN1CCOC(CN=C(N)Nc2cc(F)ccc2F)C1. The lowest BCUT2D eigenvalue weighted by atomic mass is 10.3. The number of nitrogens with two attached hydrogens (primary N) is 1. The van der Waals surface area contributed by atoms with Crippen molar-refractivity contribution in [3.63, 3.8) is 0 Å². The second kappa shape index (κ2) is 6.62. The Morgan fingerprint density at radius 1 is 1.55 bits per heavy atom. The van der Waals surface area contributed by atoms with Crippen LogP contribution in [-0.4, -0.2) is 50.3 Å². The van der Waals surface area contributed by atoms with Crippen LogP contribution >= 0.6 is 0 Å². The van der Waals surface area contributed by atoms with Crippen LogP contribution in [0.5, 0.6) is 0 Å². The third-order valence-corrected chi connectivity index (χ3v) is 3.00. The van der Waals surface area contributed by atoms with Crippen molar-refractivity contribution in [3.8, 4) is 0 Å². The number of guanidine groups is 1. The summed E-state index contributed by atoms with van der Waals surface area (Å²) in [6.07, 6.45) is -0.0357. The predicted molar refractivity (Wildman–Crippen MR) is 73.7 cm³/mol. The number of rotatable bonds is 3. The van der Waals surface area contributed by atoms with Gasteiger partial charge >= 0.3 is 0 Å². The number of aliphatic imine (C=N–C) groups is 1. The van der Waals surface area contributed by atoms with Crippen LogP contribution in [0.25, 0.3) is 0 Å². The predicted octanol–water partition coefficient (Wildman–Crippen LogP) is 1.02. The molecule has 1 saturated heterocycles. The highest BCUT2D eigenvalue weighted by molar-refractivity contribution is 5.92. The molecule has 20 heavy (non-hydrogen) atoms. The summed E-state index contributed by atoms with van der Waals surface area (Å²) in [6.45, 7) is 2.69. The molecule has 7 heteroatoms. The van der Waals surface area contributed by atoms with E-state index >= 15 is 0 Å². The summed E-state index contributed by atoms with van der Waals surface area (Å²) < 4.78 is 31.9. The van der Waals surface area contributed by atoms with Crippen molar-refractivity contribution >= 4 is 11.6 Å². The summed E-state index contributed by atoms with van der Waals surface area (Å²) in [6, 6.07) is 3.10. The van der Waals surface area contributed by atoms with Crippen molar-refractivity contribution in [3.05, 3.63) is 29.8 Å². The minimum absolute atomic E-state index is 0.0336. The number of ether oxygens (including phenoxy) is 1. The molecule has 0 aromatic heterocycles. The number of morpholine rings is 1. The van der Waals surface area contributed by atoms with E-state index in [9.17, 15) is 8.78 Å². The quantitative estimate of drug-likeness (QED) is 0.642. The lowest BCUT2D eigenvalue weighted by molar-refractivity contribution is -0.0136. The maximum atomic E-state index is 13.4. The monoisotopic (exact) mass is 284 g/mol. The number of nitrogens with zero attached hydrogens (tertiary/aromatic N) is 2. The van der Waals surface area contributed by atoms with E-state index in [-0.39, 0.29) is 17.8 Å². The Bertz CT molecular complexity index is 495. The molecule has 110 valence electrons. The first-order valence-corrected chi connectivity index (χ1v) is 6.37. The maximum Gasteiger partial charge on any atom is 0.193 e.